The van der Waals surface area contributed by atoms with Gasteiger partial charge in [-0.2, -0.15) is 0 Å². The van der Waals surface area contributed by atoms with Gasteiger partial charge in [0.15, 0.2) is 5.89 Å². The van der Waals surface area contributed by atoms with Crippen LogP contribution in [0, 0.1) is 6.92 Å². The zero-order chi connectivity index (χ0) is 17.0. The zero-order valence-electron chi connectivity index (χ0n) is 14.2. The molecule has 7 heteroatoms. The van der Waals surface area contributed by atoms with Crippen LogP contribution in [0.15, 0.2) is 29.3 Å². The minimum atomic E-state index is -0.455. The SMILES string of the molecule is CNC(=O)[C@]1(CCCc2cnccn2)CCN1Cc1coc(C)n1. The third-order valence-electron chi connectivity index (χ3n) is 4.71. The van der Waals surface area contributed by atoms with Crippen LogP contribution >= 0.6 is 0 Å². The summed E-state index contributed by atoms with van der Waals surface area (Å²) in [5.74, 6) is 0.729. The van der Waals surface area contributed by atoms with Crippen LogP contribution in [0.25, 0.3) is 0 Å². The Kier molecular flexibility index (Phi) is 4.89. The molecule has 0 bridgehead atoms. The molecule has 1 atom stereocenters. The Morgan fingerprint density at radius 3 is 2.88 bits per heavy atom. The highest BCUT2D eigenvalue weighted by Crippen LogP contribution is 2.37. The maximum Gasteiger partial charge on any atom is 0.240 e. The van der Waals surface area contributed by atoms with Crippen molar-refractivity contribution in [3.05, 3.63) is 42.1 Å². The molecular weight excluding hydrogens is 306 g/mol. The van der Waals surface area contributed by atoms with E-state index in [4.69, 9.17) is 4.42 Å². The number of amides is 1. The number of nitrogens with one attached hydrogen (secondary N) is 1. The summed E-state index contributed by atoms with van der Waals surface area (Å²) in [6, 6.07) is 0. The van der Waals surface area contributed by atoms with Crippen molar-refractivity contribution in [2.75, 3.05) is 13.6 Å². The molecular formula is C17H23N5O2. The third-order valence-corrected chi connectivity index (χ3v) is 4.71. The highest BCUT2D eigenvalue weighted by molar-refractivity contribution is 5.87. The Hall–Kier alpha value is -2.28. The van der Waals surface area contributed by atoms with E-state index in [1.807, 2.05) is 6.92 Å². The molecule has 1 aliphatic heterocycles. The van der Waals surface area contributed by atoms with Gasteiger partial charge in [0.1, 0.15) is 11.8 Å². The number of nitrogens with zero attached hydrogens (tertiary/aromatic N) is 4. The molecule has 7 nitrogen and oxygen atoms in total. The van der Waals surface area contributed by atoms with Crippen molar-refractivity contribution >= 4 is 5.91 Å². The van der Waals surface area contributed by atoms with Crippen LogP contribution in [0.5, 0.6) is 0 Å². The summed E-state index contributed by atoms with van der Waals surface area (Å²) in [6.07, 6.45) is 10.2. The van der Waals surface area contributed by atoms with E-state index in [1.54, 1.807) is 31.9 Å². The van der Waals surface area contributed by atoms with Gasteiger partial charge < -0.3 is 9.73 Å². The van der Waals surface area contributed by atoms with Crippen molar-refractivity contribution in [2.24, 2.45) is 0 Å². The normalized spacial score (nSPS) is 20.6. The first kappa shape index (κ1) is 16.6. The first-order chi connectivity index (χ1) is 11.6. The number of likely N-dealkylation sites (N-methyl/N-ethyl adjacent to an activating group) is 1. The third kappa shape index (κ3) is 3.31. The summed E-state index contributed by atoms with van der Waals surface area (Å²) in [5.41, 5.74) is 1.38. The largest absolute Gasteiger partial charge is 0.449 e. The molecule has 24 heavy (non-hydrogen) atoms. The van der Waals surface area contributed by atoms with E-state index in [0.29, 0.717) is 12.4 Å². The highest BCUT2D eigenvalue weighted by atomic mass is 16.3. The van der Waals surface area contributed by atoms with Gasteiger partial charge in [-0.15, -0.1) is 0 Å². The molecule has 1 fully saturated rings. The molecule has 1 N–H and O–H groups in total. The lowest BCUT2D eigenvalue weighted by molar-refractivity contribution is -0.144. The topological polar surface area (TPSA) is 84.2 Å². The van der Waals surface area contributed by atoms with E-state index in [2.05, 4.69) is 25.2 Å². The van der Waals surface area contributed by atoms with Crippen molar-refractivity contribution in [1.82, 2.24) is 25.2 Å². The van der Waals surface area contributed by atoms with Gasteiger partial charge >= 0.3 is 0 Å². The summed E-state index contributed by atoms with van der Waals surface area (Å²) < 4.78 is 5.27. The van der Waals surface area contributed by atoms with Crippen LogP contribution in [0.4, 0.5) is 0 Å². The van der Waals surface area contributed by atoms with Gasteiger partial charge in [0.05, 0.1) is 11.4 Å². The second-order valence-corrected chi connectivity index (χ2v) is 6.19. The fourth-order valence-electron chi connectivity index (χ4n) is 3.35. The van der Waals surface area contributed by atoms with Crippen LogP contribution in [0.1, 0.15) is 36.5 Å². The number of carbonyl (C=O) groups excluding carboxylic acids is 1. The number of oxazole rings is 1. The Labute approximate surface area is 141 Å². The molecule has 0 aliphatic carbocycles. The predicted octanol–water partition coefficient (Wildman–Crippen LogP) is 1.49. The maximum atomic E-state index is 12.5. The molecule has 3 heterocycles. The highest BCUT2D eigenvalue weighted by Gasteiger charge is 2.49. The van der Waals surface area contributed by atoms with Crippen molar-refractivity contribution in [3.63, 3.8) is 0 Å². The fraction of sp³-hybridized carbons (Fsp3) is 0.529. The van der Waals surface area contributed by atoms with E-state index in [0.717, 1.165) is 43.6 Å². The predicted molar refractivity (Wildman–Crippen MR) is 88.0 cm³/mol. The minimum Gasteiger partial charge on any atom is -0.449 e. The van der Waals surface area contributed by atoms with Crippen molar-refractivity contribution in [1.29, 1.82) is 0 Å². The summed E-state index contributed by atoms with van der Waals surface area (Å²) in [6.45, 7) is 3.35. The molecule has 1 amide bonds. The number of likely N-dealkylation sites (tertiary alicyclic amines) is 1. The second-order valence-electron chi connectivity index (χ2n) is 6.19. The Balaban J connectivity index is 1.65. The molecule has 3 rings (SSSR count). The molecule has 0 aromatic carbocycles. The van der Waals surface area contributed by atoms with Gasteiger partial charge in [-0.3, -0.25) is 19.7 Å². The van der Waals surface area contributed by atoms with Crippen molar-refractivity contribution in [3.8, 4) is 0 Å². The Bertz CT molecular complexity index is 687. The first-order valence-corrected chi connectivity index (χ1v) is 8.27. The van der Waals surface area contributed by atoms with Crippen LogP contribution in [0.2, 0.25) is 0 Å². The molecule has 0 unspecified atom stereocenters. The average Bonchev–Trinajstić information content (AvgIpc) is 3.01. The monoisotopic (exact) mass is 329 g/mol. The quantitative estimate of drug-likeness (QED) is 0.828. The van der Waals surface area contributed by atoms with Crippen LogP contribution < -0.4 is 5.32 Å². The van der Waals surface area contributed by atoms with Gasteiger partial charge in [-0.1, -0.05) is 0 Å². The smallest absolute Gasteiger partial charge is 0.240 e. The van der Waals surface area contributed by atoms with Gasteiger partial charge in [-0.05, 0) is 25.7 Å². The van der Waals surface area contributed by atoms with Crippen molar-refractivity contribution < 1.29 is 9.21 Å². The molecule has 2 aromatic rings. The summed E-state index contributed by atoms with van der Waals surface area (Å²) >= 11 is 0. The van der Waals surface area contributed by atoms with E-state index in [-0.39, 0.29) is 5.91 Å². The molecule has 1 saturated heterocycles. The molecule has 2 aromatic heterocycles. The molecule has 1 aliphatic rings. The van der Waals surface area contributed by atoms with Gasteiger partial charge in [0.25, 0.3) is 0 Å². The van der Waals surface area contributed by atoms with Crippen LogP contribution in [0.3, 0.4) is 0 Å². The van der Waals surface area contributed by atoms with E-state index < -0.39 is 5.54 Å². The van der Waals surface area contributed by atoms with Crippen LogP contribution in [-0.2, 0) is 17.8 Å². The van der Waals surface area contributed by atoms with E-state index in [9.17, 15) is 4.79 Å². The number of aromatic nitrogens is 3. The van der Waals surface area contributed by atoms with Gasteiger partial charge in [-0.25, -0.2) is 4.98 Å². The van der Waals surface area contributed by atoms with Crippen molar-refractivity contribution in [2.45, 2.75) is 44.7 Å². The minimum absolute atomic E-state index is 0.0770. The Morgan fingerprint density at radius 2 is 2.29 bits per heavy atom. The molecule has 128 valence electrons. The number of rotatable bonds is 7. The average molecular weight is 329 g/mol. The summed E-state index contributed by atoms with van der Waals surface area (Å²) in [7, 11) is 1.70. The molecule has 0 radical (unpaired) electrons. The Morgan fingerprint density at radius 1 is 1.42 bits per heavy atom. The van der Waals surface area contributed by atoms with Gasteiger partial charge in [0.2, 0.25) is 5.91 Å². The lowest BCUT2D eigenvalue weighted by Gasteiger charge is -2.51. The first-order valence-electron chi connectivity index (χ1n) is 8.27. The lowest BCUT2D eigenvalue weighted by atomic mass is 9.78. The van der Waals surface area contributed by atoms with E-state index >= 15 is 0 Å². The number of hydrogen-bond acceptors (Lipinski definition) is 6. The van der Waals surface area contributed by atoms with Crippen LogP contribution in [-0.4, -0.2) is 44.9 Å². The zero-order valence-corrected chi connectivity index (χ0v) is 14.2. The summed E-state index contributed by atoms with van der Waals surface area (Å²) in [4.78, 5) is 27.5. The number of aryl methyl sites for hydroxylation is 2. The standard InChI is InChI=1S/C17H23N5O2/c1-13-21-15(12-24-13)11-22-9-6-17(22,16(23)18-2)5-3-4-14-10-19-7-8-20-14/h7-8,10,12H,3-6,9,11H2,1-2H3,(H,18,23)/t17-/m0/s1. The second kappa shape index (κ2) is 7.09. The summed E-state index contributed by atoms with van der Waals surface area (Å²) in [5, 5.41) is 2.82. The number of carbonyl (C=O) groups is 1. The van der Waals surface area contributed by atoms with E-state index in [1.165, 1.54) is 0 Å². The maximum absolute atomic E-state index is 12.5. The number of hydrogen-bond donors (Lipinski definition) is 1. The fourth-order valence-corrected chi connectivity index (χ4v) is 3.35. The molecule has 0 saturated carbocycles. The lowest BCUT2D eigenvalue weighted by Crippen LogP contribution is -2.66. The molecule has 0 spiro atoms. The van der Waals surface area contributed by atoms with Gasteiger partial charge in [0, 0.05) is 45.7 Å².